The molecule has 0 saturated heterocycles. The van der Waals surface area contributed by atoms with Gasteiger partial charge in [-0.1, -0.05) is 35.9 Å². The minimum atomic E-state index is -0.339. The zero-order valence-electron chi connectivity index (χ0n) is 11.7. The van der Waals surface area contributed by atoms with Gasteiger partial charge in [0.2, 0.25) is 0 Å². The minimum Gasteiger partial charge on any atom is -0.256 e. The van der Waals surface area contributed by atoms with E-state index in [9.17, 15) is 4.39 Å². The molecule has 0 atom stereocenters. The quantitative estimate of drug-likeness (QED) is 0.612. The molecule has 2 aromatic carbocycles. The third-order valence-electron chi connectivity index (χ3n) is 3.20. The Morgan fingerprint density at radius 2 is 1.52 bits per heavy atom. The third-order valence-corrected chi connectivity index (χ3v) is 3.20. The van der Waals surface area contributed by atoms with Crippen LogP contribution in [-0.2, 0) is 32.7 Å². The van der Waals surface area contributed by atoms with Gasteiger partial charge in [-0.15, -0.1) is 17.7 Å². The monoisotopic (exact) mass is 351 g/mol. The second-order valence-electron chi connectivity index (χ2n) is 4.72. The summed E-state index contributed by atoms with van der Waals surface area (Å²) >= 11 is 0. The summed E-state index contributed by atoms with van der Waals surface area (Å²) in [5.41, 5.74) is 5.16. The van der Waals surface area contributed by atoms with Gasteiger partial charge in [0.1, 0.15) is 0 Å². The number of hydrogen-bond acceptors (Lipinski definition) is 1. The summed E-state index contributed by atoms with van der Waals surface area (Å²) < 4.78 is 12.9. The number of aromatic nitrogens is 1. The van der Waals surface area contributed by atoms with Crippen molar-refractivity contribution in [2.75, 3.05) is 0 Å². The summed E-state index contributed by atoms with van der Waals surface area (Å²) in [5.74, 6) is -0.339. The van der Waals surface area contributed by atoms with Crippen LogP contribution in [0.15, 0.2) is 60.8 Å². The van der Waals surface area contributed by atoms with Crippen LogP contribution in [0.3, 0.4) is 0 Å². The average Bonchev–Trinajstić information content (AvgIpc) is 2.49. The van der Waals surface area contributed by atoms with E-state index in [4.69, 9.17) is 0 Å². The summed E-state index contributed by atoms with van der Waals surface area (Å²) in [6.45, 7) is 2.02. The van der Waals surface area contributed by atoms with Crippen molar-refractivity contribution in [2.45, 2.75) is 6.92 Å². The van der Waals surface area contributed by atoms with E-state index >= 15 is 0 Å². The first kappa shape index (κ1) is 16.0. The standard InChI is InChI=1S/C18H13FN.Y/c1-13-2-11-18(20-12-13)16-5-3-14(4-6-16)15-7-9-17(19)10-8-15;/h2-9,11-12H,1H3;/q-1;. The number of nitrogens with zero attached hydrogens (tertiary/aromatic N) is 1. The summed E-state index contributed by atoms with van der Waals surface area (Å²) in [4.78, 5) is 4.41. The van der Waals surface area contributed by atoms with Crippen LogP contribution in [0.2, 0.25) is 0 Å². The number of hydrogen-bond donors (Lipinski definition) is 0. The van der Waals surface area contributed by atoms with Crippen LogP contribution in [0.25, 0.3) is 22.4 Å². The van der Waals surface area contributed by atoms with Gasteiger partial charge in [0, 0.05) is 50.3 Å². The van der Waals surface area contributed by atoms with E-state index < -0.39 is 0 Å². The van der Waals surface area contributed by atoms with Gasteiger partial charge in [-0.2, -0.15) is 12.1 Å². The van der Waals surface area contributed by atoms with Crippen LogP contribution in [0.1, 0.15) is 5.56 Å². The first-order valence-electron chi connectivity index (χ1n) is 6.43. The molecule has 0 N–H and O–H groups in total. The Morgan fingerprint density at radius 1 is 0.857 bits per heavy atom. The Hall–Kier alpha value is -1.38. The van der Waals surface area contributed by atoms with E-state index in [1.807, 2.05) is 49.5 Å². The van der Waals surface area contributed by atoms with Crippen molar-refractivity contribution in [3.05, 3.63) is 78.2 Å². The molecule has 0 unspecified atom stereocenters. The summed E-state index contributed by atoms with van der Waals surface area (Å²) in [5, 5.41) is 0. The largest absolute Gasteiger partial charge is 0.256 e. The minimum absolute atomic E-state index is 0. The van der Waals surface area contributed by atoms with Crippen molar-refractivity contribution in [3.63, 3.8) is 0 Å². The predicted molar refractivity (Wildman–Crippen MR) is 78.6 cm³/mol. The molecule has 0 fully saturated rings. The zero-order chi connectivity index (χ0) is 13.9. The topological polar surface area (TPSA) is 12.9 Å². The Kier molecular flexibility index (Phi) is 5.38. The fraction of sp³-hybridized carbons (Fsp3) is 0.0556. The van der Waals surface area contributed by atoms with E-state index in [1.54, 1.807) is 12.1 Å². The first-order valence-corrected chi connectivity index (χ1v) is 6.43. The molecular formula is C18H13FNY-. The summed E-state index contributed by atoms with van der Waals surface area (Å²) in [7, 11) is 0. The molecule has 0 spiro atoms. The number of rotatable bonds is 2. The zero-order valence-corrected chi connectivity index (χ0v) is 14.5. The predicted octanol–water partition coefficient (Wildman–Crippen LogP) is 4.66. The van der Waals surface area contributed by atoms with E-state index in [1.165, 1.54) is 6.07 Å². The van der Waals surface area contributed by atoms with Crippen LogP contribution < -0.4 is 0 Å². The molecular weight excluding hydrogens is 338 g/mol. The fourth-order valence-corrected chi connectivity index (χ4v) is 2.06. The molecule has 3 heteroatoms. The van der Waals surface area contributed by atoms with Crippen LogP contribution in [0, 0.1) is 18.8 Å². The van der Waals surface area contributed by atoms with E-state index in [0.717, 1.165) is 27.9 Å². The Morgan fingerprint density at radius 3 is 2.10 bits per heavy atom. The van der Waals surface area contributed by atoms with Gasteiger partial charge in [-0.25, -0.2) is 4.39 Å². The normalized spacial score (nSPS) is 10.0. The molecule has 3 rings (SSSR count). The molecule has 0 aliphatic carbocycles. The Bertz CT molecular complexity index is 639. The molecule has 0 amide bonds. The number of benzene rings is 2. The molecule has 1 radical (unpaired) electrons. The smallest absolute Gasteiger partial charge is 0.0702 e. The molecule has 3 aromatic rings. The van der Waals surface area contributed by atoms with Crippen LogP contribution in [-0.4, -0.2) is 4.98 Å². The van der Waals surface area contributed by atoms with Gasteiger partial charge in [-0.05, 0) is 18.6 Å². The molecule has 101 valence electrons. The molecule has 1 heterocycles. The summed E-state index contributed by atoms with van der Waals surface area (Å²) in [6.07, 6.45) is 1.86. The van der Waals surface area contributed by atoms with E-state index in [2.05, 4.69) is 11.1 Å². The van der Waals surface area contributed by atoms with Crippen molar-refractivity contribution in [3.8, 4) is 22.4 Å². The van der Waals surface area contributed by atoms with Crippen molar-refractivity contribution < 1.29 is 37.1 Å². The van der Waals surface area contributed by atoms with Crippen LogP contribution >= 0.6 is 0 Å². The van der Waals surface area contributed by atoms with Gasteiger partial charge in [0.05, 0.1) is 5.69 Å². The summed E-state index contributed by atoms with van der Waals surface area (Å²) in [6, 6.07) is 19.5. The molecule has 0 bridgehead atoms. The SMILES string of the molecule is Cc1ccc(-c2ccc(-c3c[c-]c(F)cc3)cc2)nc1.[Y]. The van der Waals surface area contributed by atoms with Crippen molar-refractivity contribution >= 4 is 0 Å². The second-order valence-corrected chi connectivity index (χ2v) is 4.72. The first-order chi connectivity index (χ1) is 9.72. The molecule has 21 heavy (non-hydrogen) atoms. The molecule has 1 nitrogen and oxygen atoms in total. The van der Waals surface area contributed by atoms with E-state index in [-0.39, 0.29) is 38.5 Å². The molecule has 0 saturated carbocycles. The maximum absolute atomic E-state index is 12.9. The maximum atomic E-state index is 12.9. The second kappa shape index (κ2) is 7.06. The number of pyridine rings is 1. The molecule has 1 aromatic heterocycles. The van der Waals surface area contributed by atoms with Gasteiger partial charge < -0.3 is 0 Å². The van der Waals surface area contributed by atoms with Crippen molar-refractivity contribution in [1.82, 2.24) is 4.98 Å². The fourth-order valence-electron chi connectivity index (χ4n) is 2.06. The average molecular weight is 351 g/mol. The molecule has 0 aliphatic heterocycles. The van der Waals surface area contributed by atoms with Gasteiger partial charge >= 0.3 is 0 Å². The number of halogens is 1. The van der Waals surface area contributed by atoms with Crippen LogP contribution in [0.4, 0.5) is 4.39 Å². The maximum Gasteiger partial charge on any atom is 0.0702 e. The van der Waals surface area contributed by atoms with Crippen molar-refractivity contribution in [2.24, 2.45) is 0 Å². The van der Waals surface area contributed by atoms with Crippen molar-refractivity contribution in [1.29, 1.82) is 0 Å². The Labute approximate surface area is 149 Å². The van der Waals surface area contributed by atoms with E-state index in [0.29, 0.717) is 0 Å². The van der Waals surface area contributed by atoms with Gasteiger partial charge in [-0.3, -0.25) is 4.98 Å². The van der Waals surface area contributed by atoms with Gasteiger partial charge in [0.15, 0.2) is 0 Å². The van der Waals surface area contributed by atoms with Gasteiger partial charge in [0.25, 0.3) is 0 Å². The molecule has 0 aliphatic rings. The third kappa shape index (κ3) is 3.84. The Balaban J connectivity index is 0.00000161. The number of aryl methyl sites for hydroxylation is 1. The van der Waals surface area contributed by atoms with Crippen LogP contribution in [0.5, 0.6) is 0 Å².